The van der Waals surface area contributed by atoms with Crippen LogP contribution < -0.4 is 5.32 Å². The second-order valence-electron chi connectivity index (χ2n) is 5.81. The maximum atomic E-state index is 12.5. The molecule has 1 fully saturated rings. The summed E-state index contributed by atoms with van der Waals surface area (Å²) in [6.45, 7) is 3.13. The lowest BCUT2D eigenvalue weighted by molar-refractivity contribution is -0.114. The van der Waals surface area contributed by atoms with Crippen LogP contribution in [0.5, 0.6) is 0 Å². The highest BCUT2D eigenvalue weighted by molar-refractivity contribution is 7.14. The van der Waals surface area contributed by atoms with Gasteiger partial charge in [-0.05, 0) is 18.2 Å². The van der Waals surface area contributed by atoms with E-state index in [4.69, 9.17) is 11.6 Å². The lowest BCUT2D eigenvalue weighted by Gasteiger charge is -2.34. The maximum Gasteiger partial charge on any atom is 0.273 e. The molecule has 0 atom stereocenters. The number of thiazole rings is 1. The molecule has 3 rings (SSSR count). The van der Waals surface area contributed by atoms with Crippen molar-refractivity contribution < 1.29 is 14.4 Å². The summed E-state index contributed by atoms with van der Waals surface area (Å²) in [5, 5.41) is 5.10. The Balaban J connectivity index is 1.59. The average molecular weight is 393 g/mol. The van der Waals surface area contributed by atoms with Crippen molar-refractivity contribution in [3.8, 4) is 0 Å². The van der Waals surface area contributed by atoms with Gasteiger partial charge in [-0.15, -0.1) is 11.3 Å². The third-order valence-corrected chi connectivity index (χ3v) is 4.92. The first-order chi connectivity index (χ1) is 12.4. The molecule has 26 heavy (non-hydrogen) atoms. The van der Waals surface area contributed by atoms with Gasteiger partial charge in [0.1, 0.15) is 5.69 Å². The van der Waals surface area contributed by atoms with Gasteiger partial charge in [-0.1, -0.05) is 17.7 Å². The number of hydrogen-bond donors (Lipinski definition) is 1. The SMILES string of the molecule is CC(=O)Nc1nc(C(=O)N2CCN(C(=O)c3cccc(Cl)c3)CC2)cs1. The van der Waals surface area contributed by atoms with Crippen molar-refractivity contribution >= 4 is 45.8 Å². The van der Waals surface area contributed by atoms with Gasteiger partial charge < -0.3 is 15.1 Å². The minimum absolute atomic E-state index is 0.0961. The zero-order valence-corrected chi connectivity index (χ0v) is 15.6. The molecule has 1 saturated heterocycles. The van der Waals surface area contributed by atoms with Crippen LogP contribution in [-0.2, 0) is 4.79 Å². The Kier molecular flexibility index (Phi) is 5.53. The first-order valence-corrected chi connectivity index (χ1v) is 9.27. The third-order valence-electron chi connectivity index (χ3n) is 3.93. The highest BCUT2D eigenvalue weighted by Crippen LogP contribution is 2.18. The van der Waals surface area contributed by atoms with Gasteiger partial charge in [0.05, 0.1) is 0 Å². The number of anilines is 1. The Hall–Kier alpha value is -2.45. The van der Waals surface area contributed by atoms with Crippen LogP contribution in [0.3, 0.4) is 0 Å². The van der Waals surface area contributed by atoms with E-state index >= 15 is 0 Å². The van der Waals surface area contributed by atoms with E-state index in [9.17, 15) is 14.4 Å². The van der Waals surface area contributed by atoms with Gasteiger partial charge in [-0.25, -0.2) is 4.98 Å². The number of carbonyl (C=O) groups excluding carboxylic acids is 3. The second kappa shape index (κ2) is 7.84. The van der Waals surface area contributed by atoms with E-state index in [1.165, 1.54) is 18.3 Å². The van der Waals surface area contributed by atoms with Crippen LogP contribution in [0.1, 0.15) is 27.8 Å². The van der Waals surface area contributed by atoms with Crippen molar-refractivity contribution in [2.45, 2.75) is 6.92 Å². The highest BCUT2D eigenvalue weighted by Gasteiger charge is 2.26. The van der Waals surface area contributed by atoms with E-state index in [2.05, 4.69) is 10.3 Å². The predicted octanol–water partition coefficient (Wildman–Crippen LogP) is 2.35. The monoisotopic (exact) mass is 392 g/mol. The molecule has 2 aromatic rings. The zero-order valence-electron chi connectivity index (χ0n) is 14.1. The summed E-state index contributed by atoms with van der Waals surface area (Å²) in [4.78, 5) is 43.6. The Bertz CT molecular complexity index is 846. The van der Waals surface area contributed by atoms with Crippen molar-refractivity contribution in [2.24, 2.45) is 0 Å². The molecule has 0 aliphatic carbocycles. The average Bonchev–Trinajstić information content (AvgIpc) is 3.08. The van der Waals surface area contributed by atoms with Gasteiger partial charge in [0, 0.05) is 49.1 Å². The smallest absolute Gasteiger partial charge is 0.273 e. The van der Waals surface area contributed by atoms with E-state index in [1.807, 2.05) is 0 Å². The zero-order chi connectivity index (χ0) is 18.7. The van der Waals surface area contributed by atoms with Crippen LogP contribution in [0.25, 0.3) is 0 Å². The molecular weight excluding hydrogens is 376 g/mol. The molecule has 0 radical (unpaired) electrons. The summed E-state index contributed by atoms with van der Waals surface area (Å²) in [7, 11) is 0. The van der Waals surface area contributed by atoms with Crippen molar-refractivity contribution in [2.75, 3.05) is 31.5 Å². The molecule has 0 bridgehead atoms. The summed E-state index contributed by atoms with van der Waals surface area (Å²) in [5.74, 6) is -0.527. The summed E-state index contributed by atoms with van der Waals surface area (Å²) >= 11 is 7.14. The Morgan fingerprint density at radius 3 is 2.38 bits per heavy atom. The van der Waals surface area contributed by atoms with Crippen LogP contribution in [-0.4, -0.2) is 58.7 Å². The number of benzene rings is 1. The fraction of sp³-hybridized carbons (Fsp3) is 0.294. The number of piperazine rings is 1. The van der Waals surface area contributed by atoms with Crippen molar-refractivity contribution in [1.82, 2.24) is 14.8 Å². The first kappa shape index (κ1) is 18.3. The minimum atomic E-state index is -0.230. The second-order valence-corrected chi connectivity index (χ2v) is 7.11. The third kappa shape index (κ3) is 4.20. The highest BCUT2D eigenvalue weighted by atomic mass is 35.5. The summed E-state index contributed by atoms with van der Waals surface area (Å²) in [6.07, 6.45) is 0. The molecule has 1 N–H and O–H groups in total. The molecule has 7 nitrogen and oxygen atoms in total. The van der Waals surface area contributed by atoms with Gasteiger partial charge >= 0.3 is 0 Å². The summed E-state index contributed by atoms with van der Waals surface area (Å²) in [6, 6.07) is 6.83. The van der Waals surface area contributed by atoms with E-state index in [-0.39, 0.29) is 17.7 Å². The lowest BCUT2D eigenvalue weighted by Crippen LogP contribution is -2.50. The quantitative estimate of drug-likeness (QED) is 0.869. The lowest BCUT2D eigenvalue weighted by atomic mass is 10.2. The molecule has 9 heteroatoms. The molecular formula is C17H17ClN4O3S. The first-order valence-electron chi connectivity index (χ1n) is 8.01. The normalized spacial score (nSPS) is 14.2. The summed E-state index contributed by atoms with van der Waals surface area (Å²) in [5.41, 5.74) is 0.838. The molecule has 0 saturated carbocycles. The van der Waals surface area contributed by atoms with Gasteiger partial charge in [0.15, 0.2) is 5.13 Å². The number of hydrogen-bond acceptors (Lipinski definition) is 5. The maximum absolute atomic E-state index is 12.5. The fourth-order valence-corrected chi connectivity index (χ4v) is 3.58. The van der Waals surface area contributed by atoms with Crippen LogP contribution in [0.15, 0.2) is 29.6 Å². The number of nitrogens with one attached hydrogen (secondary N) is 1. The van der Waals surface area contributed by atoms with Gasteiger partial charge in [-0.2, -0.15) is 0 Å². The number of rotatable bonds is 3. The molecule has 1 aromatic carbocycles. The van der Waals surface area contributed by atoms with Crippen LogP contribution in [0, 0.1) is 0 Å². The van der Waals surface area contributed by atoms with Gasteiger partial charge in [0.2, 0.25) is 5.91 Å². The molecule has 136 valence electrons. The molecule has 1 aromatic heterocycles. The van der Waals surface area contributed by atoms with Crippen molar-refractivity contribution in [3.05, 3.63) is 45.9 Å². The van der Waals surface area contributed by atoms with Crippen LogP contribution in [0.2, 0.25) is 5.02 Å². The van der Waals surface area contributed by atoms with Crippen molar-refractivity contribution in [3.63, 3.8) is 0 Å². The van der Waals surface area contributed by atoms with Crippen molar-refractivity contribution in [1.29, 1.82) is 0 Å². The fourth-order valence-electron chi connectivity index (χ4n) is 2.66. The number of carbonyl (C=O) groups is 3. The molecule has 0 unspecified atom stereocenters. The Morgan fingerprint density at radius 2 is 1.77 bits per heavy atom. The topological polar surface area (TPSA) is 82.6 Å². The molecule has 0 spiro atoms. The number of amides is 3. The predicted molar refractivity (Wildman–Crippen MR) is 99.7 cm³/mol. The Morgan fingerprint density at radius 1 is 1.12 bits per heavy atom. The number of aromatic nitrogens is 1. The molecule has 1 aliphatic heterocycles. The van der Waals surface area contributed by atoms with E-state index in [1.54, 1.807) is 39.4 Å². The van der Waals surface area contributed by atoms with Gasteiger partial charge in [0.25, 0.3) is 11.8 Å². The Labute approximate surface area is 159 Å². The largest absolute Gasteiger partial charge is 0.335 e. The molecule has 1 aliphatic rings. The minimum Gasteiger partial charge on any atom is -0.335 e. The standard InChI is InChI=1S/C17H17ClN4O3S/c1-11(23)19-17-20-14(10-26-17)16(25)22-7-5-21(6-8-22)15(24)12-3-2-4-13(18)9-12/h2-4,9-10H,5-8H2,1H3,(H,19,20,23). The van der Waals surface area contributed by atoms with Crippen LogP contribution >= 0.6 is 22.9 Å². The molecule has 2 heterocycles. The summed E-state index contributed by atoms with van der Waals surface area (Å²) < 4.78 is 0. The number of nitrogens with zero attached hydrogens (tertiary/aromatic N) is 3. The van der Waals surface area contributed by atoms with Crippen LogP contribution in [0.4, 0.5) is 5.13 Å². The number of halogens is 1. The van der Waals surface area contributed by atoms with E-state index < -0.39 is 0 Å². The van der Waals surface area contributed by atoms with E-state index in [0.717, 1.165) is 0 Å². The van der Waals surface area contributed by atoms with E-state index in [0.29, 0.717) is 47.6 Å². The van der Waals surface area contributed by atoms with Gasteiger partial charge in [-0.3, -0.25) is 14.4 Å². The molecule has 3 amide bonds.